The number of methoxy groups -OCH3 is 1. The van der Waals surface area contributed by atoms with Crippen molar-refractivity contribution in [3.05, 3.63) is 96.7 Å². The van der Waals surface area contributed by atoms with Gasteiger partial charge >= 0.3 is 0 Å². The molecule has 9 heteroatoms. The summed E-state index contributed by atoms with van der Waals surface area (Å²) in [5.41, 5.74) is 8.72. The lowest BCUT2D eigenvalue weighted by Crippen LogP contribution is -2.66. The lowest BCUT2D eigenvalue weighted by Gasteiger charge is -2.43. The number of benzene rings is 3. The van der Waals surface area contributed by atoms with E-state index in [-0.39, 0.29) is 17.0 Å². The molecule has 230 valence electrons. The van der Waals surface area contributed by atoms with Crippen LogP contribution in [-0.4, -0.2) is 47.8 Å². The Labute approximate surface area is 261 Å². The molecule has 3 N–H and O–H groups in total. The lowest BCUT2D eigenvalue weighted by molar-refractivity contribution is 0.281. The summed E-state index contributed by atoms with van der Waals surface area (Å²) in [4.78, 5) is 9.14. The molecule has 0 spiro atoms. The van der Waals surface area contributed by atoms with Crippen LogP contribution in [0.3, 0.4) is 0 Å². The van der Waals surface area contributed by atoms with Crippen molar-refractivity contribution in [1.29, 1.82) is 0 Å². The lowest BCUT2D eigenvalue weighted by atomic mass is 10.1. The average Bonchev–Trinajstić information content (AvgIpc) is 3.42. The molecular formula is C35H44N6O2Si. The van der Waals surface area contributed by atoms with Crippen LogP contribution >= 0.6 is 0 Å². The molecule has 5 rings (SSSR count). The minimum Gasteiger partial charge on any atom is -0.496 e. The fourth-order valence-corrected chi connectivity index (χ4v) is 10.8. The predicted octanol–water partition coefficient (Wildman–Crippen LogP) is 6.01. The molecule has 2 heterocycles. The third kappa shape index (κ3) is 6.49. The van der Waals surface area contributed by atoms with Crippen LogP contribution in [0, 0.1) is 0 Å². The summed E-state index contributed by atoms with van der Waals surface area (Å²) >= 11 is 0. The molecule has 0 saturated carbocycles. The molecule has 0 bridgehead atoms. The minimum absolute atomic E-state index is 0.0817. The Hall–Kier alpha value is -4.21. The third-order valence-corrected chi connectivity index (χ3v) is 13.2. The molecule has 0 amide bonds. The largest absolute Gasteiger partial charge is 0.496 e. The van der Waals surface area contributed by atoms with Gasteiger partial charge in [0.1, 0.15) is 16.8 Å². The highest BCUT2D eigenvalue weighted by atomic mass is 28.4. The molecule has 0 aliphatic carbocycles. The highest BCUT2D eigenvalue weighted by Crippen LogP contribution is 2.37. The summed E-state index contributed by atoms with van der Waals surface area (Å²) in [6.07, 6.45) is 4.52. The van der Waals surface area contributed by atoms with Gasteiger partial charge in [-0.15, -0.1) is 0 Å². The highest BCUT2D eigenvalue weighted by Gasteiger charge is 2.50. The van der Waals surface area contributed by atoms with Crippen LogP contribution in [-0.2, 0) is 11.0 Å². The first-order chi connectivity index (χ1) is 21.3. The number of hydrogen-bond acceptors (Lipinski definition) is 7. The molecule has 1 atom stereocenters. The molecule has 0 aliphatic heterocycles. The van der Waals surface area contributed by atoms with E-state index in [1.54, 1.807) is 13.3 Å². The number of nitrogens with zero attached hydrogens (tertiary/aromatic N) is 4. The van der Waals surface area contributed by atoms with Crippen LogP contribution < -0.4 is 26.2 Å². The monoisotopic (exact) mass is 608 g/mol. The van der Waals surface area contributed by atoms with Gasteiger partial charge in [-0.3, -0.25) is 4.68 Å². The summed E-state index contributed by atoms with van der Waals surface area (Å²) in [5.74, 6) is 1.71. The van der Waals surface area contributed by atoms with Crippen LogP contribution in [0.4, 0.5) is 11.8 Å². The predicted molar refractivity (Wildman–Crippen MR) is 182 cm³/mol. The minimum atomic E-state index is -2.63. The standard InChI is InChI=1S/C35H44N6O2Si/c1-6-15-27(22-23-43-44(35(2,3)4,28-17-9-7-10-18-28)29-19-11-8-12-20-29)38-33-32-30(39-34(36)40-33)24-37-41(32)25-26-16-13-14-21-31(26)42-5/h7-14,16-21,24,27H,6,15,22-23,25H2,1-5H3,(H3,36,38,39,40)/t27-/m0/s1. The Bertz CT molecular complexity index is 1610. The molecule has 5 aromatic rings. The normalized spacial score (nSPS) is 12.8. The fourth-order valence-electron chi connectivity index (χ4n) is 6.18. The van der Waals surface area contributed by atoms with Gasteiger partial charge in [0.25, 0.3) is 8.32 Å². The van der Waals surface area contributed by atoms with Crippen LogP contribution in [0.25, 0.3) is 11.0 Å². The maximum atomic E-state index is 7.22. The van der Waals surface area contributed by atoms with E-state index in [0.29, 0.717) is 24.5 Å². The van der Waals surface area contributed by atoms with Crippen LogP contribution in [0.1, 0.15) is 52.5 Å². The van der Waals surface area contributed by atoms with E-state index >= 15 is 0 Å². The third-order valence-electron chi connectivity index (χ3n) is 8.20. The molecule has 3 aromatic carbocycles. The van der Waals surface area contributed by atoms with E-state index in [2.05, 4.69) is 109 Å². The van der Waals surface area contributed by atoms with Crippen molar-refractivity contribution >= 4 is 41.5 Å². The molecule has 44 heavy (non-hydrogen) atoms. The maximum Gasteiger partial charge on any atom is 0.261 e. The van der Waals surface area contributed by atoms with Crippen molar-refractivity contribution < 1.29 is 9.16 Å². The number of fused-ring (bicyclic) bond motifs is 1. The van der Waals surface area contributed by atoms with Crippen LogP contribution in [0.5, 0.6) is 5.75 Å². The first-order valence-electron chi connectivity index (χ1n) is 15.4. The number of nitrogens with two attached hydrogens (primary N) is 1. The molecular weight excluding hydrogens is 565 g/mol. The number of aromatic nitrogens is 4. The van der Waals surface area contributed by atoms with Gasteiger partial charge in [-0.2, -0.15) is 10.1 Å². The number of rotatable bonds is 13. The van der Waals surface area contributed by atoms with Gasteiger partial charge in [0.05, 0.1) is 19.9 Å². The van der Waals surface area contributed by atoms with Crippen molar-refractivity contribution in [3.63, 3.8) is 0 Å². The Balaban J connectivity index is 1.43. The number of para-hydroxylation sites is 1. The molecule has 2 aromatic heterocycles. The fraction of sp³-hybridized carbons (Fsp3) is 0.343. The highest BCUT2D eigenvalue weighted by molar-refractivity contribution is 6.99. The van der Waals surface area contributed by atoms with Gasteiger partial charge in [-0.1, -0.05) is 113 Å². The Kier molecular flexibility index (Phi) is 9.66. The summed E-state index contributed by atoms with van der Waals surface area (Å²) in [7, 11) is -0.952. The molecule has 0 aliphatic rings. The van der Waals surface area contributed by atoms with Gasteiger partial charge < -0.3 is 20.2 Å². The van der Waals surface area contributed by atoms with Gasteiger partial charge in [0, 0.05) is 18.2 Å². The van der Waals surface area contributed by atoms with Crippen molar-refractivity contribution in [1.82, 2.24) is 19.7 Å². The second-order valence-corrected chi connectivity index (χ2v) is 16.5. The first-order valence-corrected chi connectivity index (χ1v) is 17.3. The number of anilines is 2. The molecule has 8 nitrogen and oxygen atoms in total. The summed E-state index contributed by atoms with van der Waals surface area (Å²) in [6.45, 7) is 10.3. The first kappa shape index (κ1) is 31.2. The quantitative estimate of drug-likeness (QED) is 0.158. The van der Waals surface area contributed by atoms with Gasteiger partial charge in [0.2, 0.25) is 5.95 Å². The van der Waals surface area contributed by atoms with E-state index in [1.165, 1.54) is 10.4 Å². The van der Waals surface area contributed by atoms with E-state index in [1.807, 2.05) is 28.9 Å². The molecule has 0 saturated heterocycles. The average molecular weight is 609 g/mol. The summed E-state index contributed by atoms with van der Waals surface area (Å²) < 4.78 is 14.7. The molecule has 0 fully saturated rings. The van der Waals surface area contributed by atoms with Gasteiger partial charge in [-0.25, -0.2) is 4.98 Å². The van der Waals surface area contributed by atoms with Crippen molar-refractivity contribution in [2.24, 2.45) is 0 Å². The van der Waals surface area contributed by atoms with Crippen molar-refractivity contribution in [3.8, 4) is 5.75 Å². The van der Waals surface area contributed by atoms with Crippen LogP contribution in [0.2, 0.25) is 5.04 Å². The molecule has 0 radical (unpaired) electrons. The SMILES string of the molecule is CCC[C@@H](CCO[Si](c1ccccc1)(c1ccccc1)C(C)(C)C)Nc1nc(N)nc2cnn(Cc3ccccc3OC)c12. The van der Waals surface area contributed by atoms with E-state index in [0.717, 1.165) is 36.1 Å². The topological polar surface area (TPSA) is 100 Å². The second kappa shape index (κ2) is 13.6. The van der Waals surface area contributed by atoms with Crippen molar-refractivity contribution in [2.75, 3.05) is 24.8 Å². The zero-order valence-corrected chi connectivity index (χ0v) is 27.5. The summed E-state index contributed by atoms with van der Waals surface area (Å²) in [6, 6.07) is 29.6. The zero-order chi connectivity index (χ0) is 31.2. The number of nitrogens with one attached hydrogen (secondary N) is 1. The maximum absolute atomic E-state index is 7.22. The second-order valence-electron chi connectivity index (χ2n) is 12.2. The Morgan fingerprint density at radius 3 is 2.14 bits per heavy atom. The Morgan fingerprint density at radius 2 is 1.52 bits per heavy atom. The number of nitrogen functional groups attached to an aromatic ring is 1. The smallest absolute Gasteiger partial charge is 0.261 e. The van der Waals surface area contributed by atoms with E-state index in [4.69, 9.17) is 14.9 Å². The summed E-state index contributed by atoms with van der Waals surface area (Å²) in [5, 5.41) is 10.9. The number of ether oxygens (including phenoxy) is 1. The van der Waals surface area contributed by atoms with Crippen LogP contribution in [0.15, 0.2) is 91.1 Å². The van der Waals surface area contributed by atoms with Crippen molar-refractivity contribution in [2.45, 2.75) is 64.6 Å². The van der Waals surface area contributed by atoms with Gasteiger partial charge in [0.15, 0.2) is 5.82 Å². The Morgan fingerprint density at radius 1 is 0.886 bits per heavy atom. The number of hydrogen-bond donors (Lipinski definition) is 2. The van der Waals surface area contributed by atoms with E-state index < -0.39 is 8.32 Å². The zero-order valence-electron chi connectivity index (χ0n) is 26.5. The van der Waals surface area contributed by atoms with E-state index in [9.17, 15) is 0 Å². The van der Waals surface area contributed by atoms with Gasteiger partial charge in [-0.05, 0) is 34.3 Å². The molecule has 0 unspecified atom stereocenters.